The number of rotatable bonds is 9. The molecule has 1 unspecified atom stereocenters. The average Bonchev–Trinajstić information content (AvgIpc) is 3.18. The summed E-state index contributed by atoms with van der Waals surface area (Å²) in [6, 6.07) is 10.6. The van der Waals surface area contributed by atoms with Crippen LogP contribution in [0.15, 0.2) is 60.3 Å². The molecule has 0 aliphatic heterocycles. The molecule has 6 nitrogen and oxygen atoms in total. The highest BCUT2D eigenvalue weighted by molar-refractivity contribution is 7.99. The Kier molecular flexibility index (Phi) is 8.03. The van der Waals surface area contributed by atoms with Gasteiger partial charge in [0.15, 0.2) is 17.1 Å². The summed E-state index contributed by atoms with van der Waals surface area (Å²) in [5, 5.41) is 11.2. The molecule has 1 heterocycles. The molecule has 180 valence electrons. The lowest BCUT2D eigenvalue weighted by Gasteiger charge is -2.18. The zero-order valence-electron chi connectivity index (χ0n) is 19.0. The topological polar surface area (TPSA) is 69.0 Å². The van der Waals surface area contributed by atoms with Crippen LogP contribution in [0.3, 0.4) is 0 Å². The van der Waals surface area contributed by atoms with Crippen LogP contribution in [0.2, 0.25) is 0 Å². The molecule has 34 heavy (non-hydrogen) atoms. The number of para-hydroxylation sites is 1. The fourth-order valence-corrected chi connectivity index (χ4v) is 4.01. The van der Waals surface area contributed by atoms with Gasteiger partial charge in [-0.2, -0.15) is 13.2 Å². The van der Waals surface area contributed by atoms with Gasteiger partial charge in [-0.1, -0.05) is 42.1 Å². The number of thioether (sulfide) groups is 1. The second kappa shape index (κ2) is 10.8. The number of benzene rings is 2. The largest absolute Gasteiger partial charge is 0.482 e. The first-order chi connectivity index (χ1) is 16.1. The number of carbonyl (C=O) groups is 1. The lowest BCUT2D eigenvalue weighted by atomic mass is 10.1. The lowest BCUT2D eigenvalue weighted by molar-refractivity contribution is -0.137. The predicted octanol–water partition coefficient (Wildman–Crippen LogP) is 5.97. The van der Waals surface area contributed by atoms with Crippen molar-refractivity contribution >= 4 is 23.4 Å². The van der Waals surface area contributed by atoms with Crippen LogP contribution in [-0.2, 0) is 17.5 Å². The molecular formula is C24H25F3N4O2S. The Morgan fingerprint density at radius 1 is 1.21 bits per heavy atom. The van der Waals surface area contributed by atoms with Crippen LogP contribution in [0, 0.1) is 13.8 Å². The monoisotopic (exact) mass is 490 g/mol. The average molecular weight is 491 g/mol. The Balaban J connectivity index is 1.72. The first-order valence-electron chi connectivity index (χ1n) is 10.5. The summed E-state index contributed by atoms with van der Waals surface area (Å²) in [4.78, 5) is 12.4. The van der Waals surface area contributed by atoms with Crippen molar-refractivity contribution in [2.45, 2.75) is 44.8 Å². The molecule has 2 aromatic carbocycles. The number of aromatic nitrogens is 3. The maximum Gasteiger partial charge on any atom is 0.418 e. The Bertz CT molecular complexity index is 1180. The molecule has 3 rings (SSSR count). The summed E-state index contributed by atoms with van der Waals surface area (Å²) in [5.74, 6) is 0.549. The van der Waals surface area contributed by atoms with Crippen LogP contribution in [0.1, 0.15) is 35.5 Å². The number of alkyl halides is 3. The molecule has 3 aromatic rings. The van der Waals surface area contributed by atoms with Crippen LogP contribution >= 0.6 is 11.8 Å². The van der Waals surface area contributed by atoms with Gasteiger partial charge >= 0.3 is 6.18 Å². The molecule has 0 spiro atoms. The third-order valence-corrected chi connectivity index (χ3v) is 6.09. The summed E-state index contributed by atoms with van der Waals surface area (Å²) in [6.07, 6.45) is -3.34. The standard InChI is InChI=1S/C24H25F3N4O2S/c1-5-13-31-22(17(4)33-20-12-8-9-15(2)16(20)3)29-30-23(31)34-14-21(32)28-19-11-7-6-10-18(19)24(25,26)27/h5-12,17H,1,13-14H2,2-4H3,(H,28,32). The van der Waals surface area contributed by atoms with Gasteiger partial charge in [0.1, 0.15) is 5.75 Å². The summed E-state index contributed by atoms with van der Waals surface area (Å²) in [5.41, 5.74) is 0.938. The number of nitrogens with zero attached hydrogens (tertiary/aromatic N) is 3. The molecule has 0 fully saturated rings. The fraction of sp³-hybridized carbons (Fsp3) is 0.292. The lowest BCUT2D eigenvalue weighted by Crippen LogP contribution is -2.18. The molecule has 0 aliphatic rings. The van der Waals surface area contributed by atoms with Gasteiger partial charge in [0.2, 0.25) is 5.91 Å². The number of halogens is 3. The van der Waals surface area contributed by atoms with Crippen molar-refractivity contribution in [3.63, 3.8) is 0 Å². The number of ether oxygens (including phenoxy) is 1. The number of amides is 1. The smallest absolute Gasteiger partial charge is 0.418 e. The summed E-state index contributed by atoms with van der Waals surface area (Å²) in [7, 11) is 0. The maximum absolute atomic E-state index is 13.2. The Morgan fingerprint density at radius 3 is 2.65 bits per heavy atom. The predicted molar refractivity (Wildman–Crippen MR) is 126 cm³/mol. The molecule has 1 atom stereocenters. The Hall–Kier alpha value is -3.27. The van der Waals surface area contributed by atoms with Gasteiger partial charge in [-0.15, -0.1) is 16.8 Å². The number of carbonyl (C=O) groups excluding carboxylic acids is 1. The maximum atomic E-state index is 13.2. The van der Waals surface area contributed by atoms with Gasteiger partial charge in [0.05, 0.1) is 17.0 Å². The van der Waals surface area contributed by atoms with Gasteiger partial charge in [0.25, 0.3) is 0 Å². The number of hydrogen-bond donors (Lipinski definition) is 1. The first kappa shape index (κ1) is 25.4. The van der Waals surface area contributed by atoms with Crippen molar-refractivity contribution in [3.8, 4) is 5.75 Å². The molecule has 1 aromatic heterocycles. The highest BCUT2D eigenvalue weighted by Gasteiger charge is 2.33. The fourth-order valence-electron chi connectivity index (χ4n) is 3.26. The second-order valence-corrected chi connectivity index (χ2v) is 8.52. The van der Waals surface area contributed by atoms with E-state index in [-0.39, 0.29) is 11.4 Å². The van der Waals surface area contributed by atoms with E-state index in [0.29, 0.717) is 17.5 Å². The van der Waals surface area contributed by atoms with E-state index in [4.69, 9.17) is 4.74 Å². The van der Waals surface area contributed by atoms with E-state index in [1.54, 1.807) is 10.6 Å². The van der Waals surface area contributed by atoms with E-state index in [9.17, 15) is 18.0 Å². The highest BCUT2D eigenvalue weighted by atomic mass is 32.2. The number of anilines is 1. The van der Waals surface area contributed by atoms with E-state index in [1.807, 2.05) is 39.0 Å². The van der Waals surface area contributed by atoms with Crippen molar-refractivity contribution in [3.05, 3.63) is 77.6 Å². The molecule has 0 radical (unpaired) electrons. The van der Waals surface area contributed by atoms with Crippen molar-refractivity contribution in [2.24, 2.45) is 0 Å². The van der Waals surface area contributed by atoms with Gasteiger partial charge < -0.3 is 10.1 Å². The van der Waals surface area contributed by atoms with E-state index in [2.05, 4.69) is 22.1 Å². The Morgan fingerprint density at radius 2 is 1.94 bits per heavy atom. The van der Waals surface area contributed by atoms with Gasteiger partial charge in [0, 0.05) is 6.54 Å². The molecule has 10 heteroatoms. The second-order valence-electron chi connectivity index (χ2n) is 7.58. The first-order valence-corrected chi connectivity index (χ1v) is 11.5. The van der Waals surface area contributed by atoms with Crippen LogP contribution in [-0.4, -0.2) is 26.4 Å². The number of allylic oxidation sites excluding steroid dienone is 1. The molecule has 1 amide bonds. The van der Waals surface area contributed by atoms with Crippen molar-refractivity contribution in [1.29, 1.82) is 0 Å². The van der Waals surface area contributed by atoms with E-state index in [1.165, 1.54) is 18.2 Å². The SMILES string of the molecule is C=CCn1c(SCC(=O)Nc2ccccc2C(F)(F)F)nnc1C(C)Oc1cccc(C)c1C. The molecule has 0 saturated heterocycles. The van der Waals surface area contributed by atoms with E-state index >= 15 is 0 Å². The summed E-state index contributed by atoms with van der Waals surface area (Å²) < 4.78 is 47.4. The van der Waals surface area contributed by atoms with E-state index < -0.39 is 23.8 Å². The van der Waals surface area contributed by atoms with Crippen LogP contribution < -0.4 is 10.1 Å². The van der Waals surface area contributed by atoms with Gasteiger partial charge in [-0.25, -0.2) is 0 Å². The zero-order chi connectivity index (χ0) is 24.9. The summed E-state index contributed by atoms with van der Waals surface area (Å²) in [6.45, 7) is 9.96. The third kappa shape index (κ3) is 5.99. The Labute approximate surface area is 200 Å². The highest BCUT2D eigenvalue weighted by Crippen LogP contribution is 2.35. The normalized spacial score (nSPS) is 12.3. The molecular weight excluding hydrogens is 465 g/mol. The van der Waals surface area contributed by atoms with Gasteiger partial charge in [-0.3, -0.25) is 9.36 Å². The third-order valence-electron chi connectivity index (χ3n) is 5.12. The zero-order valence-corrected chi connectivity index (χ0v) is 19.8. The molecule has 1 N–H and O–H groups in total. The van der Waals surface area contributed by atoms with Crippen LogP contribution in [0.25, 0.3) is 0 Å². The molecule has 0 aliphatic carbocycles. The quantitative estimate of drug-likeness (QED) is 0.296. The van der Waals surface area contributed by atoms with E-state index in [0.717, 1.165) is 34.7 Å². The van der Waals surface area contributed by atoms with Crippen LogP contribution in [0.5, 0.6) is 5.75 Å². The van der Waals surface area contributed by atoms with Crippen molar-refractivity contribution in [2.75, 3.05) is 11.1 Å². The summed E-state index contributed by atoms with van der Waals surface area (Å²) >= 11 is 1.07. The minimum absolute atomic E-state index is 0.145. The number of hydrogen-bond acceptors (Lipinski definition) is 5. The minimum atomic E-state index is -4.57. The van der Waals surface area contributed by atoms with Crippen molar-refractivity contribution in [1.82, 2.24) is 14.8 Å². The molecule has 0 saturated carbocycles. The van der Waals surface area contributed by atoms with Crippen molar-refractivity contribution < 1.29 is 22.7 Å². The molecule has 0 bridgehead atoms. The minimum Gasteiger partial charge on any atom is -0.482 e. The van der Waals surface area contributed by atoms with Gasteiger partial charge in [-0.05, 0) is 50.1 Å². The number of nitrogens with one attached hydrogen (secondary N) is 1. The number of aryl methyl sites for hydroxylation is 1. The van der Waals surface area contributed by atoms with Crippen LogP contribution in [0.4, 0.5) is 18.9 Å².